The number of hydrogen-bond acceptors (Lipinski definition) is 16. The van der Waals surface area contributed by atoms with Crippen LogP contribution in [0.1, 0.15) is 59.9 Å². The topological polar surface area (TPSA) is 201 Å². The highest BCUT2D eigenvalue weighted by Gasteiger charge is 2.32. The van der Waals surface area contributed by atoms with Crippen LogP contribution in [0.15, 0.2) is 23.5 Å². The quantitative estimate of drug-likeness (QED) is 0.138. The van der Waals surface area contributed by atoms with E-state index in [0.29, 0.717) is 26.2 Å². The van der Waals surface area contributed by atoms with E-state index < -0.39 is 23.4 Å². The molecule has 2 heterocycles. The monoisotopic (exact) mass is 702 g/mol. The number of ether oxygens (including phenoxy) is 2. The second kappa shape index (κ2) is 17.3. The molecule has 48 heavy (non-hydrogen) atoms. The van der Waals surface area contributed by atoms with Crippen LogP contribution < -0.4 is 21.3 Å². The predicted molar refractivity (Wildman–Crippen MR) is 177 cm³/mol. The standard InChI is InChI=1S/C30H38N8O8S2/c1-37(2)9-5-31-17-15-19(39)25-21(23(17)41)35-29(47-25)27(43)33-7-11-45-13-14-46-12-8-34-28(44)30-36-22-24(42)18(32-6-10-38(3)4)16-20(40)26(22)48-30/h15-16,31-32H,5-14H2,1-4H3,(H,33,43)(H,34,44). The fraction of sp³-hybridized carbons (Fsp3) is 0.467. The van der Waals surface area contributed by atoms with Gasteiger partial charge in [0, 0.05) is 51.4 Å². The first kappa shape index (κ1) is 36.6. The molecule has 0 aliphatic heterocycles. The molecular weight excluding hydrogens is 665 g/mol. The molecule has 0 aromatic carbocycles. The maximum Gasteiger partial charge on any atom is 0.280 e. The third kappa shape index (κ3) is 9.68. The molecule has 0 spiro atoms. The van der Waals surface area contributed by atoms with Gasteiger partial charge in [-0.15, -0.1) is 22.7 Å². The lowest BCUT2D eigenvalue weighted by Crippen LogP contribution is -2.31. The second-order valence-corrected chi connectivity index (χ2v) is 13.1. The summed E-state index contributed by atoms with van der Waals surface area (Å²) in [5, 5.41) is 11.2. The van der Waals surface area contributed by atoms with Crippen LogP contribution in [0.5, 0.6) is 0 Å². The normalized spacial score (nSPS) is 14.1. The van der Waals surface area contributed by atoms with E-state index in [0.717, 1.165) is 22.7 Å². The smallest absolute Gasteiger partial charge is 0.280 e. The number of Topliss-reactive ketones (excluding diaryl/α,β-unsaturated/α-hetero) is 2. The van der Waals surface area contributed by atoms with Gasteiger partial charge in [0.1, 0.15) is 21.1 Å². The molecule has 4 N–H and O–H groups in total. The van der Waals surface area contributed by atoms with E-state index in [1.165, 1.54) is 12.2 Å². The lowest BCUT2D eigenvalue weighted by atomic mass is 10.0. The van der Waals surface area contributed by atoms with E-state index in [-0.39, 0.29) is 93.6 Å². The van der Waals surface area contributed by atoms with Crippen molar-refractivity contribution in [3.63, 3.8) is 0 Å². The van der Waals surface area contributed by atoms with Crippen molar-refractivity contribution in [1.29, 1.82) is 0 Å². The maximum atomic E-state index is 12.7. The van der Waals surface area contributed by atoms with Crippen LogP contribution in [-0.4, -0.2) is 149 Å². The summed E-state index contributed by atoms with van der Waals surface area (Å²) < 4.78 is 10.9. The number of hydrogen-bond donors (Lipinski definition) is 4. The van der Waals surface area contributed by atoms with Crippen LogP contribution in [0, 0.1) is 0 Å². The van der Waals surface area contributed by atoms with Crippen LogP contribution in [0.2, 0.25) is 0 Å². The molecule has 0 bridgehead atoms. The van der Waals surface area contributed by atoms with Crippen LogP contribution in [0.3, 0.4) is 0 Å². The molecule has 0 saturated carbocycles. The zero-order valence-electron chi connectivity index (χ0n) is 27.1. The zero-order chi connectivity index (χ0) is 34.8. The molecule has 0 saturated heterocycles. The van der Waals surface area contributed by atoms with E-state index in [2.05, 4.69) is 31.2 Å². The molecular formula is C30H38N8O8S2. The van der Waals surface area contributed by atoms with Gasteiger partial charge < -0.3 is 40.5 Å². The Bertz CT molecular complexity index is 1510. The second-order valence-electron chi connectivity index (χ2n) is 11.1. The minimum absolute atomic E-state index is 0.0141. The van der Waals surface area contributed by atoms with Crippen molar-refractivity contribution >= 4 is 57.6 Å². The van der Waals surface area contributed by atoms with Gasteiger partial charge in [-0.05, 0) is 28.2 Å². The molecule has 258 valence electrons. The molecule has 0 radical (unpaired) electrons. The summed E-state index contributed by atoms with van der Waals surface area (Å²) in [7, 11) is 7.58. The number of carbonyl (C=O) groups excluding carboxylic acids is 6. The van der Waals surface area contributed by atoms with E-state index >= 15 is 0 Å². The van der Waals surface area contributed by atoms with Crippen LogP contribution in [0.25, 0.3) is 0 Å². The van der Waals surface area contributed by atoms with E-state index in [4.69, 9.17) is 9.47 Å². The Balaban J connectivity index is 1.08. The van der Waals surface area contributed by atoms with Gasteiger partial charge in [0.2, 0.25) is 11.6 Å². The van der Waals surface area contributed by atoms with Gasteiger partial charge in [-0.1, -0.05) is 0 Å². The molecule has 2 amide bonds. The Kier molecular flexibility index (Phi) is 13.2. The number of thiazole rings is 2. The fourth-order valence-electron chi connectivity index (χ4n) is 4.29. The largest absolute Gasteiger partial charge is 0.380 e. The van der Waals surface area contributed by atoms with Crippen molar-refractivity contribution in [3.8, 4) is 0 Å². The summed E-state index contributed by atoms with van der Waals surface area (Å²) in [6, 6.07) is 0. The molecule has 0 atom stereocenters. The third-order valence-electron chi connectivity index (χ3n) is 6.75. The number of rotatable bonds is 19. The van der Waals surface area contributed by atoms with Gasteiger partial charge in [-0.25, -0.2) is 9.97 Å². The number of allylic oxidation sites excluding steroid dienone is 4. The fourth-order valence-corrected chi connectivity index (χ4v) is 6.07. The first-order valence-corrected chi connectivity index (χ1v) is 16.7. The zero-order valence-corrected chi connectivity index (χ0v) is 28.7. The lowest BCUT2D eigenvalue weighted by molar-refractivity contribution is 0.0486. The average Bonchev–Trinajstić information content (AvgIpc) is 3.70. The minimum atomic E-state index is -0.518. The number of carbonyl (C=O) groups is 6. The number of likely N-dealkylation sites (N-methyl/N-ethyl adjacent to an activating group) is 2. The highest BCUT2D eigenvalue weighted by atomic mass is 32.1. The lowest BCUT2D eigenvalue weighted by Gasteiger charge is -2.15. The number of nitrogens with one attached hydrogen (secondary N) is 4. The molecule has 2 aliphatic rings. The molecule has 2 aromatic heterocycles. The molecule has 2 aliphatic carbocycles. The Morgan fingerprint density at radius 1 is 0.646 bits per heavy atom. The number of amides is 2. The first-order chi connectivity index (χ1) is 23.0. The Morgan fingerprint density at radius 3 is 1.42 bits per heavy atom. The molecule has 0 fully saturated rings. The molecule has 16 nitrogen and oxygen atoms in total. The van der Waals surface area contributed by atoms with Gasteiger partial charge in [-0.3, -0.25) is 28.8 Å². The Labute approximate surface area is 284 Å². The third-order valence-corrected chi connectivity index (χ3v) is 8.88. The summed E-state index contributed by atoms with van der Waals surface area (Å²) in [5.41, 5.74) is 0.267. The molecule has 18 heteroatoms. The van der Waals surface area contributed by atoms with E-state index in [1.807, 2.05) is 38.0 Å². The SMILES string of the molecule is CN(C)CCNC1=CC(=O)c2sc(C(=O)NCCOCCOCCNC(=O)c3nc4c(s3)C(=O)C=C(NCCN(C)C)C4=O)nc2C1=O. The number of ketones is 4. The van der Waals surface area contributed by atoms with Crippen molar-refractivity contribution in [2.45, 2.75) is 0 Å². The molecule has 4 rings (SSSR count). The number of fused-ring (bicyclic) bond motifs is 2. The number of nitrogens with zero attached hydrogens (tertiary/aromatic N) is 4. The van der Waals surface area contributed by atoms with Crippen LogP contribution >= 0.6 is 22.7 Å². The van der Waals surface area contributed by atoms with Gasteiger partial charge >= 0.3 is 0 Å². The van der Waals surface area contributed by atoms with Gasteiger partial charge in [0.15, 0.2) is 21.6 Å². The van der Waals surface area contributed by atoms with E-state index in [9.17, 15) is 28.8 Å². The van der Waals surface area contributed by atoms with Crippen LogP contribution in [0.4, 0.5) is 0 Å². The highest BCUT2D eigenvalue weighted by molar-refractivity contribution is 7.16. The summed E-state index contributed by atoms with van der Waals surface area (Å²) in [6.07, 6.45) is 2.48. The molecule has 2 aromatic rings. The first-order valence-electron chi connectivity index (χ1n) is 15.1. The van der Waals surface area contributed by atoms with Crippen LogP contribution in [-0.2, 0) is 9.47 Å². The average molecular weight is 703 g/mol. The van der Waals surface area contributed by atoms with Crippen molar-refractivity contribution in [3.05, 3.63) is 54.7 Å². The highest BCUT2D eigenvalue weighted by Crippen LogP contribution is 2.27. The van der Waals surface area contributed by atoms with Gasteiger partial charge in [-0.2, -0.15) is 0 Å². The molecule has 0 unspecified atom stereocenters. The van der Waals surface area contributed by atoms with Gasteiger partial charge in [0.25, 0.3) is 11.8 Å². The predicted octanol–water partition coefficient (Wildman–Crippen LogP) is -0.379. The summed E-state index contributed by atoms with van der Waals surface area (Å²) >= 11 is 1.74. The van der Waals surface area contributed by atoms with Crippen molar-refractivity contribution < 1.29 is 38.2 Å². The van der Waals surface area contributed by atoms with Crippen molar-refractivity contribution in [1.82, 2.24) is 41.0 Å². The summed E-state index contributed by atoms with van der Waals surface area (Å²) in [6.45, 7) is 3.46. The number of aromatic nitrogens is 2. The Morgan fingerprint density at radius 2 is 1.04 bits per heavy atom. The summed E-state index contributed by atoms with van der Waals surface area (Å²) in [4.78, 5) is 87.9. The van der Waals surface area contributed by atoms with E-state index in [1.54, 1.807) is 0 Å². The van der Waals surface area contributed by atoms with Crippen molar-refractivity contribution in [2.75, 3.05) is 93.9 Å². The maximum absolute atomic E-state index is 12.7. The summed E-state index contributed by atoms with van der Waals surface area (Å²) in [5.74, 6) is -2.63. The van der Waals surface area contributed by atoms with Gasteiger partial charge in [0.05, 0.1) is 37.8 Å². The minimum Gasteiger partial charge on any atom is -0.380 e. The Hall–Kier alpha value is -4.20. The van der Waals surface area contributed by atoms with Crippen molar-refractivity contribution in [2.24, 2.45) is 0 Å².